The average molecular weight is 296 g/mol. The molecule has 0 spiro atoms. The Hall–Kier alpha value is -2.02. The largest absolute Gasteiger partial charge is 0.379 e. The summed E-state index contributed by atoms with van der Waals surface area (Å²) >= 11 is 0. The number of benzene rings is 1. The number of rotatable bonds is 7. The van der Waals surface area contributed by atoms with Crippen molar-refractivity contribution in [3.63, 3.8) is 0 Å². The zero-order valence-electron chi connectivity index (χ0n) is 11.8. The van der Waals surface area contributed by atoms with Crippen LogP contribution in [0.1, 0.15) is 23.2 Å². The van der Waals surface area contributed by atoms with Crippen LogP contribution in [0.2, 0.25) is 0 Å². The first-order chi connectivity index (χ1) is 9.99. The van der Waals surface area contributed by atoms with Gasteiger partial charge in [-0.3, -0.25) is 14.9 Å². The minimum absolute atomic E-state index is 0.297. The molecular weight excluding hydrogens is 279 g/mol. The molecule has 0 radical (unpaired) electrons. The number of nitro benzene ring substituents is 1. The van der Waals surface area contributed by atoms with Crippen molar-refractivity contribution in [2.75, 3.05) is 26.8 Å². The van der Waals surface area contributed by atoms with Gasteiger partial charge in [-0.2, -0.15) is 0 Å². The molecule has 6 nitrogen and oxygen atoms in total. The number of nitrogens with zero attached hydrogens (tertiary/aromatic N) is 2. The molecule has 0 atom stereocenters. The molecule has 7 heteroatoms. The van der Waals surface area contributed by atoms with Gasteiger partial charge in [-0.05, 0) is 24.8 Å². The van der Waals surface area contributed by atoms with Crippen LogP contribution >= 0.6 is 0 Å². The standard InChI is InChI=1S/C14H17FN2O4/c1-16(6-7-21-9-10-2-3-10)14(18)12-8-11(17(19)20)4-5-13(12)15/h4-5,8,10H,2-3,6-7,9H2,1H3. The van der Waals surface area contributed by atoms with Crippen LogP contribution in [0, 0.1) is 21.8 Å². The van der Waals surface area contributed by atoms with E-state index in [4.69, 9.17) is 4.74 Å². The molecule has 0 heterocycles. The summed E-state index contributed by atoms with van der Waals surface area (Å²) in [4.78, 5) is 23.4. The fraction of sp³-hybridized carbons (Fsp3) is 0.500. The molecule has 0 N–H and O–H groups in total. The molecule has 114 valence electrons. The van der Waals surface area contributed by atoms with E-state index in [-0.39, 0.29) is 11.3 Å². The normalized spacial score (nSPS) is 14.0. The molecule has 1 aromatic rings. The Balaban J connectivity index is 1.93. The van der Waals surface area contributed by atoms with E-state index in [1.807, 2.05) is 0 Å². The fourth-order valence-corrected chi connectivity index (χ4v) is 1.83. The van der Waals surface area contributed by atoms with Gasteiger partial charge < -0.3 is 9.64 Å². The highest BCUT2D eigenvalue weighted by atomic mass is 19.1. The van der Waals surface area contributed by atoms with Gasteiger partial charge in [0.15, 0.2) is 0 Å². The molecule has 1 fully saturated rings. The predicted octanol–water partition coefficient (Wildman–Crippen LogP) is 2.23. The lowest BCUT2D eigenvalue weighted by molar-refractivity contribution is -0.384. The number of amides is 1. The van der Waals surface area contributed by atoms with Gasteiger partial charge in [-0.1, -0.05) is 0 Å². The molecule has 1 saturated carbocycles. The van der Waals surface area contributed by atoms with Gasteiger partial charge in [-0.15, -0.1) is 0 Å². The maximum atomic E-state index is 13.6. The highest BCUT2D eigenvalue weighted by Gasteiger charge is 2.22. The highest BCUT2D eigenvalue weighted by Crippen LogP contribution is 2.28. The van der Waals surface area contributed by atoms with E-state index >= 15 is 0 Å². The lowest BCUT2D eigenvalue weighted by Gasteiger charge is -2.17. The van der Waals surface area contributed by atoms with Crippen LogP contribution in [0.5, 0.6) is 0 Å². The van der Waals surface area contributed by atoms with Crippen molar-refractivity contribution < 1.29 is 18.8 Å². The first kappa shape index (κ1) is 15.4. The Morgan fingerprint density at radius 1 is 1.52 bits per heavy atom. The first-order valence-corrected chi connectivity index (χ1v) is 6.76. The molecule has 0 saturated heterocycles. The lowest BCUT2D eigenvalue weighted by atomic mass is 10.1. The van der Waals surface area contributed by atoms with Gasteiger partial charge in [-0.25, -0.2) is 4.39 Å². The Morgan fingerprint density at radius 3 is 2.86 bits per heavy atom. The van der Waals surface area contributed by atoms with Gasteiger partial charge in [0.05, 0.1) is 17.1 Å². The van der Waals surface area contributed by atoms with Gasteiger partial charge in [0.25, 0.3) is 11.6 Å². The molecule has 2 rings (SSSR count). The average Bonchev–Trinajstić information content (AvgIpc) is 3.27. The third-order valence-electron chi connectivity index (χ3n) is 3.36. The maximum Gasteiger partial charge on any atom is 0.270 e. The molecule has 1 amide bonds. The first-order valence-electron chi connectivity index (χ1n) is 6.76. The van der Waals surface area contributed by atoms with E-state index in [1.165, 1.54) is 24.8 Å². The smallest absolute Gasteiger partial charge is 0.270 e. The van der Waals surface area contributed by atoms with Crippen molar-refractivity contribution >= 4 is 11.6 Å². The SMILES string of the molecule is CN(CCOCC1CC1)C(=O)c1cc([N+](=O)[O-])ccc1F. The summed E-state index contributed by atoms with van der Waals surface area (Å²) < 4.78 is 19.1. The van der Waals surface area contributed by atoms with Gasteiger partial charge in [0, 0.05) is 32.3 Å². The zero-order valence-corrected chi connectivity index (χ0v) is 11.8. The summed E-state index contributed by atoms with van der Waals surface area (Å²) in [6.07, 6.45) is 2.38. The van der Waals surface area contributed by atoms with Gasteiger partial charge in [0.2, 0.25) is 0 Å². The molecular formula is C14H17FN2O4. The summed E-state index contributed by atoms with van der Waals surface area (Å²) in [5, 5.41) is 10.7. The summed E-state index contributed by atoms with van der Waals surface area (Å²) in [5.74, 6) is -0.720. The number of nitro groups is 1. The summed E-state index contributed by atoms with van der Waals surface area (Å²) in [7, 11) is 1.51. The summed E-state index contributed by atoms with van der Waals surface area (Å²) in [6.45, 7) is 1.37. The third kappa shape index (κ3) is 4.22. The minimum atomic E-state index is -0.767. The molecule has 0 aromatic heterocycles. The Bertz CT molecular complexity index is 546. The van der Waals surface area contributed by atoms with E-state index in [0.29, 0.717) is 25.7 Å². The molecule has 1 aromatic carbocycles. The van der Waals surface area contributed by atoms with Crippen molar-refractivity contribution in [2.45, 2.75) is 12.8 Å². The summed E-state index contributed by atoms with van der Waals surface area (Å²) in [6, 6.07) is 2.92. The van der Waals surface area contributed by atoms with Gasteiger partial charge in [0.1, 0.15) is 5.82 Å². The monoisotopic (exact) mass is 296 g/mol. The molecule has 0 unspecified atom stereocenters. The van der Waals surface area contributed by atoms with Crippen molar-refractivity contribution in [1.82, 2.24) is 4.90 Å². The van der Waals surface area contributed by atoms with E-state index in [9.17, 15) is 19.3 Å². The second-order valence-electron chi connectivity index (χ2n) is 5.17. The van der Waals surface area contributed by atoms with Crippen LogP contribution < -0.4 is 0 Å². The van der Waals surface area contributed by atoms with Gasteiger partial charge >= 0.3 is 0 Å². The van der Waals surface area contributed by atoms with Crippen LogP contribution in [0.4, 0.5) is 10.1 Å². The highest BCUT2D eigenvalue weighted by molar-refractivity contribution is 5.95. The number of carbonyl (C=O) groups is 1. The number of non-ortho nitro benzene ring substituents is 1. The quantitative estimate of drug-likeness (QED) is 0.439. The number of hydrogen-bond donors (Lipinski definition) is 0. The van der Waals surface area contributed by atoms with E-state index < -0.39 is 16.6 Å². The number of halogens is 1. The van der Waals surface area contributed by atoms with Crippen molar-refractivity contribution in [2.24, 2.45) is 5.92 Å². The van der Waals surface area contributed by atoms with Crippen molar-refractivity contribution in [3.8, 4) is 0 Å². The molecule has 0 bridgehead atoms. The third-order valence-corrected chi connectivity index (χ3v) is 3.36. The second kappa shape index (κ2) is 6.62. The minimum Gasteiger partial charge on any atom is -0.379 e. The van der Waals surface area contributed by atoms with Crippen LogP contribution in [-0.4, -0.2) is 42.5 Å². The second-order valence-corrected chi connectivity index (χ2v) is 5.17. The molecule has 21 heavy (non-hydrogen) atoms. The molecule has 1 aliphatic carbocycles. The van der Waals surface area contributed by atoms with E-state index in [1.54, 1.807) is 0 Å². The van der Waals surface area contributed by atoms with Crippen LogP contribution in [0.25, 0.3) is 0 Å². The van der Waals surface area contributed by atoms with Crippen molar-refractivity contribution in [1.29, 1.82) is 0 Å². The predicted molar refractivity (Wildman–Crippen MR) is 73.6 cm³/mol. The van der Waals surface area contributed by atoms with E-state index in [2.05, 4.69) is 0 Å². The number of carbonyl (C=O) groups excluding carboxylic acids is 1. The number of ether oxygens (including phenoxy) is 1. The number of hydrogen-bond acceptors (Lipinski definition) is 4. The lowest BCUT2D eigenvalue weighted by Crippen LogP contribution is -2.31. The van der Waals surface area contributed by atoms with Crippen LogP contribution in [-0.2, 0) is 4.74 Å². The Labute approximate surface area is 121 Å². The topological polar surface area (TPSA) is 72.7 Å². The maximum absolute atomic E-state index is 13.6. The van der Waals surface area contributed by atoms with Crippen LogP contribution in [0.15, 0.2) is 18.2 Å². The molecule has 0 aliphatic heterocycles. The Kier molecular flexibility index (Phi) is 4.85. The van der Waals surface area contributed by atoms with Crippen molar-refractivity contribution in [3.05, 3.63) is 39.7 Å². The zero-order chi connectivity index (χ0) is 15.4. The number of likely N-dealkylation sites (N-methyl/N-ethyl adjacent to an activating group) is 1. The fourth-order valence-electron chi connectivity index (χ4n) is 1.83. The summed E-state index contributed by atoms with van der Waals surface area (Å²) in [5.41, 5.74) is -0.605. The van der Waals surface area contributed by atoms with E-state index in [0.717, 1.165) is 18.2 Å². The van der Waals surface area contributed by atoms with Crippen LogP contribution in [0.3, 0.4) is 0 Å². The molecule has 1 aliphatic rings. The Morgan fingerprint density at radius 2 is 2.24 bits per heavy atom.